The lowest BCUT2D eigenvalue weighted by atomic mass is 9.73. The maximum Gasteiger partial charge on any atom is 0.430 e. The number of nitrogens with zero attached hydrogens (tertiary/aromatic N) is 3. The first kappa shape index (κ1) is 28.2. The average Bonchev–Trinajstić information content (AvgIpc) is 2.86. The van der Waals surface area contributed by atoms with E-state index < -0.39 is 23.2 Å². The van der Waals surface area contributed by atoms with Crippen molar-refractivity contribution in [1.29, 1.82) is 0 Å². The Labute approximate surface area is 225 Å². The summed E-state index contributed by atoms with van der Waals surface area (Å²) < 4.78 is 41.2. The second kappa shape index (κ2) is 11.1. The number of aliphatic hydroxyl groups is 1. The van der Waals surface area contributed by atoms with Gasteiger partial charge in [0.05, 0.1) is 5.56 Å². The monoisotopic (exact) mass is 552 g/mol. The van der Waals surface area contributed by atoms with E-state index in [-0.39, 0.29) is 17.1 Å². The average molecular weight is 553 g/mol. The largest absolute Gasteiger partial charge is 0.430 e. The molecule has 1 aliphatic carbocycles. The molecule has 1 saturated heterocycles. The third kappa shape index (κ3) is 5.76. The first-order valence-corrected chi connectivity index (χ1v) is 13.1. The molecule has 2 aliphatic rings. The van der Waals surface area contributed by atoms with E-state index in [1.807, 2.05) is 0 Å². The Balaban J connectivity index is 1.25. The van der Waals surface area contributed by atoms with Gasteiger partial charge in [-0.3, -0.25) is 9.59 Å². The minimum absolute atomic E-state index is 0.176. The molecule has 206 valence electrons. The third-order valence-corrected chi connectivity index (χ3v) is 7.87. The van der Waals surface area contributed by atoms with E-state index in [2.05, 4.69) is 15.2 Å². The number of benzene rings is 1. The number of halogens is 4. The molecular weight excluding hydrogens is 521 g/mol. The molecule has 1 aliphatic heterocycles. The Morgan fingerprint density at radius 1 is 1.08 bits per heavy atom. The van der Waals surface area contributed by atoms with Gasteiger partial charge in [0.2, 0.25) is 0 Å². The lowest BCUT2D eigenvalue weighted by Gasteiger charge is -2.41. The number of nitrogens with one attached hydrogen (secondary N) is 1. The highest BCUT2D eigenvalue weighted by molar-refractivity contribution is 6.32. The zero-order valence-corrected chi connectivity index (χ0v) is 22.1. The number of hydrogen-bond acceptors (Lipinski definition) is 5. The summed E-state index contributed by atoms with van der Waals surface area (Å²) in [7, 11) is 3.31. The molecule has 0 radical (unpaired) electrons. The fourth-order valence-corrected chi connectivity index (χ4v) is 5.54. The van der Waals surface area contributed by atoms with Crippen LogP contribution < -0.4 is 10.2 Å². The second-order valence-corrected chi connectivity index (χ2v) is 10.8. The van der Waals surface area contributed by atoms with Crippen molar-refractivity contribution < 1.29 is 27.9 Å². The summed E-state index contributed by atoms with van der Waals surface area (Å²) in [6.07, 6.45) is -1.15. The zero-order chi connectivity index (χ0) is 27.7. The molecule has 38 heavy (non-hydrogen) atoms. The lowest BCUT2D eigenvalue weighted by molar-refractivity contribution is -0.257. The lowest BCUT2D eigenvalue weighted by Crippen LogP contribution is -2.58. The number of carbonyl (C=O) groups excluding carboxylic acids is 2. The molecule has 2 aromatic rings. The number of anilines is 1. The van der Waals surface area contributed by atoms with Gasteiger partial charge in [-0.2, -0.15) is 13.2 Å². The van der Waals surface area contributed by atoms with Crippen molar-refractivity contribution in [2.75, 3.05) is 32.1 Å². The number of amides is 2. The number of alkyl halides is 3. The summed E-state index contributed by atoms with van der Waals surface area (Å²) in [6.45, 7) is 1.58. The Kier molecular flexibility index (Phi) is 8.23. The van der Waals surface area contributed by atoms with Gasteiger partial charge in [-0.15, -0.1) is 0 Å². The minimum atomic E-state index is -5.14. The van der Waals surface area contributed by atoms with Crippen LogP contribution in [-0.4, -0.2) is 66.2 Å². The van der Waals surface area contributed by atoms with Crippen LogP contribution in [0.4, 0.5) is 19.0 Å². The molecule has 2 N–H and O–H groups in total. The van der Waals surface area contributed by atoms with Crippen LogP contribution in [-0.2, 0) is 10.4 Å². The van der Waals surface area contributed by atoms with Crippen LogP contribution in [0.25, 0.3) is 0 Å². The summed E-state index contributed by atoms with van der Waals surface area (Å²) in [5.41, 5.74) is -3.72. The molecule has 2 amide bonds. The van der Waals surface area contributed by atoms with Crippen molar-refractivity contribution in [1.82, 2.24) is 15.2 Å². The van der Waals surface area contributed by atoms with Gasteiger partial charge in [0.15, 0.2) is 0 Å². The molecule has 1 saturated carbocycles. The van der Waals surface area contributed by atoms with Crippen LogP contribution in [0.15, 0.2) is 42.5 Å². The Hall–Kier alpha value is -2.85. The maximum atomic E-state index is 13.7. The van der Waals surface area contributed by atoms with Gasteiger partial charge in [0.1, 0.15) is 11.0 Å². The quantitative estimate of drug-likeness (QED) is 0.498. The van der Waals surface area contributed by atoms with Crippen molar-refractivity contribution in [3.8, 4) is 0 Å². The smallest absolute Gasteiger partial charge is 0.369 e. The predicted molar refractivity (Wildman–Crippen MR) is 138 cm³/mol. The van der Waals surface area contributed by atoms with Crippen LogP contribution >= 0.6 is 11.6 Å². The number of rotatable bonds is 7. The van der Waals surface area contributed by atoms with E-state index in [9.17, 15) is 27.9 Å². The molecule has 11 heteroatoms. The topological polar surface area (TPSA) is 85.8 Å². The minimum Gasteiger partial charge on any atom is -0.369 e. The molecule has 7 nitrogen and oxygen atoms in total. The van der Waals surface area contributed by atoms with Crippen molar-refractivity contribution in [3.63, 3.8) is 0 Å². The Bertz CT molecular complexity index is 1150. The molecule has 0 spiro atoms. The number of aromatic nitrogens is 1. The third-order valence-electron chi connectivity index (χ3n) is 7.58. The standard InChI is InChI=1S/C27H32ClF3N4O3/c1-34(2)24(36)21-8-9-22(33-23(21)28)35-12-10-17(11-13-35)14-18-15-20(16-18)32-25(37)26(38,27(29,30)31)19-6-4-3-5-7-19/h3-9,17-18,20,38H,10-16H2,1-2H3,(H,32,37)/t18?,20?,26-/m1/s1. The van der Waals surface area contributed by atoms with Crippen LogP contribution in [0.5, 0.6) is 0 Å². The van der Waals surface area contributed by atoms with Crippen molar-refractivity contribution in [2.24, 2.45) is 11.8 Å². The molecular formula is C27H32ClF3N4O3. The highest BCUT2D eigenvalue weighted by Crippen LogP contribution is 2.41. The van der Waals surface area contributed by atoms with Crippen LogP contribution in [0, 0.1) is 11.8 Å². The molecule has 0 unspecified atom stereocenters. The fourth-order valence-electron chi connectivity index (χ4n) is 5.31. The van der Waals surface area contributed by atoms with Gasteiger partial charge in [-0.05, 0) is 56.1 Å². The normalized spacial score (nSPS) is 21.8. The van der Waals surface area contributed by atoms with Crippen molar-refractivity contribution in [3.05, 3.63) is 58.7 Å². The predicted octanol–water partition coefficient (Wildman–Crippen LogP) is 4.39. The molecule has 4 rings (SSSR count). The highest BCUT2D eigenvalue weighted by atomic mass is 35.5. The summed E-state index contributed by atoms with van der Waals surface area (Å²) in [6, 6.07) is 9.55. The van der Waals surface area contributed by atoms with Gasteiger partial charge < -0.3 is 20.2 Å². The Morgan fingerprint density at radius 2 is 1.71 bits per heavy atom. The summed E-state index contributed by atoms with van der Waals surface area (Å²) >= 11 is 6.26. The Morgan fingerprint density at radius 3 is 2.26 bits per heavy atom. The van der Waals surface area contributed by atoms with Crippen LogP contribution in [0.3, 0.4) is 0 Å². The fraction of sp³-hybridized carbons (Fsp3) is 0.519. The van der Waals surface area contributed by atoms with Gasteiger partial charge >= 0.3 is 6.18 Å². The van der Waals surface area contributed by atoms with E-state index >= 15 is 0 Å². The second-order valence-electron chi connectivity index (χ2n) is 10.5. The summed E-state index contributed by atoms with van der Waals surface area (Å²) in [4.78, 5) is 32.7. The van der Waals surface area contributed by atoms with Gasteiger partial charge in [-0.1, -0.05) is 41.9 Å². The first-order valence-electron chi connectivity index (χ1n) is 12.7. The first-order chi connectivity index (χ1) is 17.9. The van der Waals surface area contributed by atoms with Crippen molar-refractivity contribution >= 4 is 29.2 Å². The van der Waals surface area contributed by atoms with Gasteiger partial charge in [-0.25, -0.2) is 4.98 Å². The number of hydrogen-bond donors (Lipinski definition) is 2. The highest BCUT2D eigenvalue weighted by Gasteiger charge is 2.61. The number of piperidine rings is 1. The molecule has 1 aromatic heterocycles. The van der Waals surface area contributed by atoms with E-state index in [0.717, 1.165) is 50.3 Å². The molecule has 1 atom stereocenters. The summed E-state index contributed by atoms with van der Waals surface area (Å²) in [5.74, 6) is -0.125. The SMILES string of the molecule is CN(C)C(=O)c1ccc(N2CCC(CC3CC(NC(=O)[C@](O)(c4ccccc4)C(F)(F)F)C3)CC2)nc1Cl. The molecule has 2 fully saturated rings. The summed E-state index contributed by atoms with van der Waals surface area (Å²) in [5, 5.41) is 13.0. The van der Waals surface area contributed by atoms with Crippen LogP contribution in [0.2, 0.25) is 5.15 Å². The van der Waals surface area contributed by atoms with Gasteiger partial charge in [0.25, 0.3) is 17.4 Å². The van der Waals surface area contributed by atoms with E-state index in [1.165, 1.54) is 23.1 Å². The number of carbonyl (C=O) groups is 2. The van der Waals surface area contributed by atoms with E-state index in [0.29, 0.717) is 30.2 Å². The van der Waals surface area contributed by atoms with E-state index in [1.54, 1.807) is 26.2 Å². The zero-order valence-electron chi connectivity index (χ0n) is 21.3. The molecule has 1 aromatic carbocycles. The number of pyridine rings is 1. The van der Waals surface area contributed by atoms with E-state index in [4.69, 9.17) is 11.6 Å². The van der Waals surface area contributed by atoms with Crippen molar-refractivity contribution in [2.45, 2.75) is 49.9 Å². The molecule has 0 bridgehead atoms. The maximum absolute atomic E-state index is 13.7. The molecule has 2 heterocycles. The van der Waals surface area contributed by atoms with Crippen LogP contribution in [0.1, 0.15) is 48.0 Å². The van der Waals surface area contributed by atoms with Gasteiger partial charge in [0, 0.05) is 38.8 Å².